The molecule has 102 valence electrons. The number of ether oxygens (including phenoxy) is 1. The molecule has 0 saturated heterocycles. The molecule has 1 N–H and O–H groups in total. The molecule has 1 aliphatic heterocycles. The van der Waals surface area contributed by atoms with Crippen molar-refractivity contribution in [3.63, 3.8) is 0 Å². The Bertz CT molecular complexity index is 579. The minimum absolute atomic E-state index is 0.256. The summed E-state index contributed by atoms with van der Waals surface area (Å²) in [4.78, 5) is 14.9. The number of rotatable bonds is 3. The van der Waals surface area contributed by atoms with Gasteiger partial charge in [0.15, 0.2) is 0 Å². The van der Waals surface area contributed by atoms with Crippen molar-refractivity contribution in [1.29, 1.82) is 5.26 Å². The van der Waals surface area contributed by atoms with Gasteiger partial charge in [0.05, 0.1) is 12.2 Å². The molecule has 19 heavy (non-hydrogen) atoms. The molecule has 0 aromatic carbocycles. The topological polar surface area (TPSA) is 65.9 Å². The number of unbranched alkanes of at least 4 members (excludes halogenated alkanes) is 1. The van der Waals surface area contributed by atoms with Gasteiger partial charge in [-0.2, -0.15) is 5.26 Å². The third kappa shape index (κ3) is 2.71. The highest BCUT2D eigenvalue weighted by Crippen LogP contribution is 2.30. The van der Waals surface area contributed by atoms with E-state index in [2.05, 4.69) is 11.9 Å². The van der Waals surface area contributed by atoms with E-state index in [0.717, 1.165) is 36.1 Å². The summed E-state index contributed by atoms with van der Waals surface area (Å²) in [7, 11) is 0. The fourth-order valence-corrected chi connectivity index (χ4v) is 2.54. The summed E-state index contributed by atoms with van der Waals surface area (Å²) in [6, 6.07) is 2.05. The van der Waals surface area contributed by atoms with E-state index in [0.29, 0.717) is 13.0 Å². The Labute approximate surface area is 113 Å². The largest absolute Gasteiger partial charge is 0.370 e. The van der Waals surface area contributed by atoms with Crippen molar-refractivity contribution in [3.8, 4) is 6.07 Å². The molecule has 1 aromatic rings. The molecule has 4 heteroatoms. The van der Waals surface area contributed by atoms with Gasteiger partial charge < -0.3 is 9.72 Å². The van der Waals surface area contributed by atoms with Crippen molar-refractivity contribution in [3.05, 3.63) is 32.7 Å². The zero-order valence-corrected chi connectivity index (χ0v) is 11.8. The van der Waals surface area contributed by atoms with Crippen molar-refractivity contribution < 1.29 is 4.74 Å². The Morgan fingerprint density at radius 3 is 2.79 bits per heavy atom. The maximum atomic E-state index is 12.0. The van der Waals surface area contributed by atoms with E-state index in [1.165, 1.54) is 0 Å². The van der Waals surface area contributed by atoms with Crippen LogP contribution in [0, 0.1) is 11.3 Å². The fourth-order valence-electron chi connectivity index (χ4n) is 2.54. The minimum atomic E-state index is -0.311. The number of nitriles is 1. The van der Waals surface area contributed by atoms with Gasteiger partial charge in [-0.25, -0.2) is 0 Å². The molecule has 1 aromatic heterocycles. The normalized spacial score (nSPS) is 16.7. The first kappa shape index (κ1) is 13.8. The second-order valence-corrected chi connectivity index (χ2v) is 5.71. The standard InChI is InChI=1S/C15H20N2O2/c1-4-5-6-13-12-9-19-15(2,3)7-10(12)11(8-16)14(18)17-13/h4-7,9H2,1-3H3,(H,17,18). The van der Waals surface area contributed by atoms with Crippen LogP contribution in [0.4, 0.5) is 0 Å². The fraction of sp³-hybridized carbons (Fsp3) is 0.600. The summed E-state index contributed by atoms with van der Waals surface area (Å²) in [5.74, 6) is 0. The van der Waals surface area contributed by atoms with Crippen molar-refractivity contribution >= 4 is 0 Å². The SMILES string of the molecule is CCCCc1[nH]c(=O)c(C#N)c2c1COC(C)(C)C2. The van der Waals surface area contributed by atoms with Gasteiger partial charge in [0.1, 0.15) is 11.6 Å². The molecule has 0 saturated carbocycles. The van der Waals surface area contributed by atoms with E-state index in [1.807, 2.05) is 19.9 Å². The Kier molecular flexibility index (Phi) is 3.77. The van der Waals surface area contributed by atoms with Gasteiger partial charge in [-0.05, 0) is 32.3 Å². The number of fused-ring (bicyclic) bond motifs is 1. The van der Waals surface area contributed by atoms with Crippen LogP contribution in [0.2, 0.25) is 0 Å². The van der Waals surface area contributed by atoms with Crippen LogP contribution in [-0.4, -0.2) is 10.6 Å². The number of hydrogen-bond acceptors (Lipinski definition) is 3. The van der Waals surface area contributed by atoms with Crippen LogP contribution in [-0.2, 0) is 24.2 Å². The Hall–Kier alpha value is -1.60. The number of aromatic amines is 1. The summed E-state index contributed by atoms with van der Waals surface area (Å²) in [6.45, 7) is 6.58. The van der Waals surface area contributed by atoms with E-state index >= 15 is 0 Å². The predicted molar refractivity (Wildman–Crippen MR) is 73.0 cm³/mol. The number of aryl methyl sites for hydroxylation is 1. The molecule has 0 bridgehead atoms. The summed E-state index contributed by atoms with van der Waals surface area (Å²) in [6.07, 6.45) is 3.55. The minimum Gasteiger partial charge on any atom is -0.370 e. The lowest BCUT2D eigenvalue weighted by Crippen LogP contribution is -2.35. The predicted octanol–water partition coefficient (Wildman–Crippen LogP) is 2.44. The molecule has 2 rings (SSSR count). The van der Waals surface area contributed by atoms with E-state index in [-0.39, 0.29) is 16.7 Å². The average molecular weight is 260 g/mol. The van der Waals surface area contributed by atoms with Crippen LogP contribution < -0.4 is 5.56 Å². The van der Waals surface area contributed by atoms with Gasteiger partial charge in [-0.1, -0.05) is 13.3 Å². The molecular weight excluding hydrogens is 240 g/mol. The van der Waals surface area contributed by atoms with Gasteiger partial charge in [0.25, 0.3) is 5.56 Å². The van der Waals surface area contributed by atoms with Crippen molar-refractivity contribution in [2.45, 2.75) is 58.7 Å². The lowest BCUT2D eigenvalue weighted by molar-refractivity contribution is -0.0407. The zero-order valence-electron chi connectivity index (χ0n) is 11.8. The van der Waals surface area contributed by atoms with Gasteiger partial charge in [-0.15, -0.1) is 0 Å². The molecule has 2 heterocycles. The van der Waals surface area contributed by atoms with Crippen LogP contribution in [0.5, 0.6) is 0 Å². The summed E-state index contributed by atoms with van der Waals surface area (Å²) >= 11 is 0. The highest BCUT2D eigenvalue weighted by Gasteiger charge is 2.30. The van der Waals surface area contributed by atoms with Gasteiger partial charge in [0.2, 0.25) is 0 Å². The monoisotopic (exact) mass is 260 g/mol. The van der Waals surface area contributed by atoms with E-state index in [4.69, 9.17) is 4.74 Å². The lowest BCUT2D eigenvalue weighted by Gasteiger charge is -2.33. The number of nitrogens with one attached hydrogen (secondary N) is 1. The molecule has 1 aliphatic rings. The quantitative estimate of drug-likeness (QED) is 0.907. The molecule has 4 nitrogen and oxygen atoms in total. The molecule has 0 fully saturated rings. The Morgan fingerprint density at radius 2 is 2.16 bits per heavy atom. The summed E-state index contributed by atoms with van der Waals surface area (Å²) in [5.41, 5.74) is 2.53. The molecule has 0 amide bonds. The van der Waals surface area contributed by atoms with Crippen LogP contribution in [0.1, 0.15) is 56.0 Å². The smallest absolute Gasteiger partial charge is 0.266 e. The molecule has 0 radical (unpaired) electrons. The van der Waals surface area contributed by atoms with Gasteiger partial charge in [0, 0.05) is 17.7 Å². The highest BCUT2D eigenvalue weighted by atomic mass is 16.5. The van der Waals surface area contributed by atoms with E-state index < -0.39 is 0 Å². The number of hydrogen-bond donors (Lipinski definition) is 1. The number of H-pyrrole nitrogens is 1. The summed E-state index contributed by atoms with van der Waals surface area (Å²) in [5, 5.41) is 9.20. The molecule has 0 spiro atoms. The maximum Gasteiger partial charge on any atom is 0.266 e. The zero-order chi connectivity index (χ0) is 14.0. The number of nitrogens with zero attached hydrogens (tertiary/aromatic N) is 1. The Morgan fingerprint density at radius 1 is 1.42 bits per heavy atom. The Balaban J connectivity index is 2.55. The molecule has 0 atom stereocenters. The number of aromatic nitrogens is 1. The van der Waals surface area contributed by atoms with E-state index in [1.54, 1.807) is 0 Å². The summed E-state index contributed by atoms with van der Waals surface area (Å²) < 4.78 is 5.82. The molecule has 0 unspecified atom stereocenters. The van der Waals surface area contributed by atoms with Crippen molar-refractivity contribution in [1.82, 2.24) is 4.98 Å². The maximum absolute atomic E-state index is 12.0. The van der Waals surface area contributed by atoms with Crippen molar-refractivity contribution in [2.24, 2.45) is 0 Å². The molecular formula is C15H20N2O2. The van der Waals surface area contributed by atoms with Crippen molar-refractivity contribution in [2.75, 3.05) is 0 Å². The third-order valence-electron chi connectivity index (χ3n) is 3.62. The highest BCUT2D eigenvalue weighted by molar-refractivity contribution is 5.45. The second-order valence-electron chi connectivity index (χ2n) is 5.71. The van der Waals surface area contributed by atoms with Crippen LogP contribution in [0.15, 0.2) is 4.79 Å². The van der Waals surface area contributed by atoms with Crippen LogP contribution >= 0.6 is 0 Å². The van der Waals surface area contributed by atoms with Crippen LogP contribution in [0.25, 0.3) is 0 Å². The third-order valence-corrected chi connectivity index (χ3v) is 3.62. The van der Waals surface area contributed by atoms with Gasteiger partial charge in [-0.3, -0.25) is 4.79 Å². The number of pyridine rings is 1. The average Bonchev–Trinajstić information content (AvgIpc) is 2.34. The first-order valence-corrected chi connectivity index (χ1v) is 6.79. The second kappa shape index (κ2) is 5.18. The molecule has 0 aliphatic carbocycles. The van der Waals surface area contributed by atoms with Crippen LogP contribution in [0.3, 0.4) is 0 Å². The first-order valence-electron chi connectivity index (χ1n) is 6.79. The first-order chi connectivity index (χ1) is 8.98. The van der Waals surface area contributed by atoms with Gasteiger partial charge >= 0.3 is 0 Å². The van der Waals surface area contributed by atoms with E-state index in [9.17, 15) is 10.1 Å². The lowest BCUT2D eigenvalue weighted by atomic mass is 9.88.